The van der Waals surface area contributed by atoms with Crippen LogP contribution in [0, 0.1) is 0 Å². The number of hydrogen-bond donors (Lipinski definition) is 1. The number of nitrogens with one attached hydrogen (secondary N) is 1. The standard InChI is InChI=1S/C23H25NO3/c1-18(27-23-14-12-21(25-2)13-15-23)16-24-20-8-10-22(11-9-20)26-17-19-6-4-3-5-7-19/h3-15,18,24H,16-17H2,1-2H3. The Hall–Kier alpha value is -3.14. The van der Waals surface area contributed by atoms with Crippen LogP contribution in [0.5, 0.6) is 17.2 Å². The molecule has 0 saturated heterocycles. The Labute approximate surface area is 160 Å². The normalized spacial score (nSPS) is 11.5. The lowest BCUT2D eigenvalue weighted by molar-refractivity contribution is 0.234. The second-order valence-corrected chi connectivity index (χ2v) is 6.28. The maximum atomic E-state index is 5.90. The maximum absolute atomic E-state index is 5.90. The number of ether oxygens (including phenoxy) is 3. The van der Waals surface area contributed by atoms with Crippen molar-refractivity contribution in [2.45, 2.75) is 19.6 Å². The maximum Gasteiger partial charge on any atom is 0.120 e. The van der Waals surface area contributed by atoms with Crippen molar-refractivity contribution in [2.75, 3.05) is 19.0 Å². The smallest absolute Gasteiger partial charge is 0.120 e. The van der Waals surface area contributed by atoms with Gasteiger partial charge in [0.05, 0.1) is 13.7 Å². The van der Waals surface area contributed by atoms with Crippen molar-refractivity contribution in [1.82, 2.24) is 0 Å². The van der Waals surface area contributed by atoms with Crippen molar-refractivity contribution in [3.63, 3.8) is 0 Å². The fourth-order valence-electron chi connectivity index (χ4n) is 2.60. The van der Waals surface area contributed by atoms with E-state index in [4.69, 9.17) is 14.2 Å². The topological polar surface area (TPSA) is 39.7 Å². The molecule has 3 rings (SSSR count). The number of methoxy groups -OCH3 is 1. The number of hydrogen-bond acceptors (Lipinski definition) is 4. The molecule has 1 atom stereocenters. The number of benzene rings is 3. The van der Waals surface area contributed by atoms with Crippen molar-refractivity contribution in [3.8, 4) is 17.2 Å². The SMILES string of the molecule is COc1ccc(OC(C)CNc2ccc(OCc3ccccc3)cc2)cc1. The van der Waals surface area contributed by atoms with Gasteiger partial charge in [-0.2, -0.15) is 0 Å². The zero-order valence-corrected chi connectivity index (χ0v) is 15.7. The predicted molar refractivity (Wildman–Crippen MR) is 109 cm³/mol. The van der Waals surface area contributed by atoms with E-state index in [1.54, 1.807) is 7.11 Å². The van der Waals surface area contributed by atoms with Gasteiger partial charge in [-0.05, 0) is 61.0 Å². The first-order valence-corrected chi connectivity index (χ1v) is 9.04. The van der Waals surface area contributed by atoms with Crippen LogP contribution in [0.3, 0.4) is 0 Å². The molecule has 0 bridgehead atoms. The van der Waals surface area contributed by atoms with Crippen LogP contribution in [0.4, 0.5) is 5.69 Å². The Morgan fingerprint density at radius 3 is 2.07 bits per heavy atom. The molecule has 3 aromatic rings. The summed E-state index contributed by atoms with van der Waals surface area (Å²) in [5, 5.41) is 3.38. The third kappa shape index (κ3) is 5.96. The Bertz CT molecular complexity index is 801. The molecule has 0 aliphatic carbocycles. The second-order valence-electron chi connectivity index (χ2n) is 6.28. The molecular weight excluding hydrogens is 338 g/mol. The van der Waals surface area contributed by atoms with Gasteiger partial charge in [-0.1, -0.05) is 30.3 Å². The molecule has 0 amide bonds. The second kappa shape index (κ2) is 9.53. The molecule has 0 aromatic heterocycles. The van der Waals surface area contributed by atoms with E-state index >= 15 is 0 Å². The average molecular weight is 363 g/mol. The molecule has 1 unspecified atom stereocenters. The van der Waals surface area contributed by atoms with E-state index < -0.39 is 0 Å². The van der Waals surface area contributed by atoms with E-state index in [0.717, 1.165) is 28.5 Å². The highest BCUT2D eigenvalue weighted by atomic mass is 16.5. The Morgan fingerprint density at radius 2 is 1.41 bits per heavy atom. The number of rotatable bonds is 9. The molecule has 0 aliphatic heterocycles. The molecule has 0 saturated carbocycles. The van der Waals surface area contributed by atoms with Gasteiger partial charge in [0.25, 0.3) is 0 Å². The van der Waals surface area contributed by atoms with Gasteiger partial charge in [0.1, 0.15) is 30.0 Å². The Morgan fingerprint density at radius 1 is 0.778 bits per heavy atom. The van der Waals surface area contributed by atoms with E-state index in [-0.39, 0.29) is 6.10 Å². The van der Waals surface area contributed by atoms with Crippen LogP contribution < -0.4 is 19.5 Å². The van der Waals surface area contributed by atoms with Gasteiger partial charge < -0.3 is 19.5 Å². The molecule has 140 valence electrons. The molecule has 0 aliphatic rings. The first-order chi connectivity index (χ1) is 13.2. The van der Waals surface area contributed by atoms with Crippen molar-refractivity contribution in [3.05, 3.63) is 84.4 Å². The van der Waals surface area contributed by atoms with E-state index in [1.165, 1.54) is 0 Å². The van der Waals surface area contributed by atoms with Crippen molar-refractivity contribution >= 4 is 5.69 Å². The van der Waals surface area contributed by atoms with E-state index in [9.17, 15) is 0 Å². The molecule has 3 aromatic carbocycles. The monoisotopic (exact) mass is 363 g/mol. The van der Waals surface area contributed by atoms with Crippen LogP contribution in [-0.4, -0.2) is 19.8 Å². The van der Waals surface area contributed by atoms with Crippen molar-refractivity contribution < 1.29 is 14.2 Å². The third-order valence-corrected chi connectivity index (χ3v) is 4.09. The Kier molecular flexibility index (Phi) is 6.58. The summed E-state index contributed by atoms with van der Waals surface area (Å²) >= 11 is 0. The van der Waals surface area contributed by atoms with Crippen LogP contribution in [0.25, 0.3) is 0 Å². The highest BCUT2D eigenvalue weighted by molar-refractivity contribution is 5.46. The third-order valence-electron chi connectivity index (χ3n) is 4.09. The summed E-state index contributed by atoms with van der Waals surface area (Å²) in [5.74, 6) is 2.50. The lowest BCUT2D eigenvalue weighted by Gasteiger charge is -2.16. The summed E-state index contributed by atoms with van der Waals surface area (Å²) < 4.78 is 16.9. The minimum absolute atomic E-state index is 0.0346. The summed E-state index contributed by atoms with van der Waals surface area (Å²) in [6.45, 7) is 3.31. The van der Waals surface area contributed by atoms with Crippen LogP contribution in [0.1, 0.15) is 12.5 Å². The molecule has 0 heterocycles. The fraction of sp³-hybridized carbons (Fsp3) is 0.217. The highest BCUT2D eigenvalue weighted by Gasteiger charge is 2.05. The van der Waals surface area contributed by atoms with Crippen molar-refractivity contribution in [1.29, 1.82) is 0 Å². The van der Waals surface area contributed by atoms with Crippen LogP contribution in [0.15, 0.2) is 78.9 Å². The van der Waals surface area contributed by atoms with Crippen LogP contribution in [-0.2, 0) is 6.61 Å². The van der Waals surface area contributed by atoms with Gasteiger partial charge in [0.2, 0.25) is 0 Å². The largest absolute Gasteiger partial charge is 0.497 e. The van der Waals surface area contributed by atoms with E-state index in [0.29, 0.717) is 13.2 Å². The average Bonchev–Trinajstić information content (AvgIpc) is 2.73. The highest BCUT2D eigenvalue weighted by Crippen LogP contribution is 2.19. The van der Waals surface area contributed by atoms with Gasteiger partial charge in [0, 0.05) is 5.69 Å². The van der Waals surface area contributed by atoms with Crippen LogP contribution >= 0.6 is 0 Å². The van der Waals surface area contributed by atoms with Crippen LogP contribution in [0.2, 0.25) is 0 Å². The molecule has 0 spiro atoms. The first-order valence-electron chi connectivity index (χ1n) is 9.04. The summed E-state index contributed by atoms with van der Waals surface area (Å²) in [5.41, 5.74) is 2.19. The molecule has 0 fully saturated rings. The zero-order valence-electron chi connectivity index (χ0n) is 15.7. The molecule has 1 N–H and O–H groups in total. The molecule has 4 heteroatoms. The van der Waals surface area contributed by atoms with E-state index in [1.807, 2.05) is 73.7 Å². The van der Waals surface area contributed by atoms with Crippen molar-refractivity contribution in [2.24, 2.45) is 0 Å². The zero-order chi connectivity index (χ0) is 18.9. The Balaban J connectivity index is 1.43. The molecular formula is C23H25NO3. The molecule has 27 heavy (non-hydrogen) atoms. The summed E-state index contributed by atoms with van der Waals surface area (Å²) in [4.78, 5) is 0. The fourth-order valence-corrected chi connectivity index (χ4v) is 2.60. The lowest BCUT2D eigenvalue weighted by atomic mass is 10.2. The van der Waals surface area contributed by atoms with Gasteiger partial charge in [-0.25, -0.2) is 0 Å². The number of anilines is 1. The minimum Gasteiger partial charge on any atom is -0.497 e. The van der Waals surface area contributed by atoms with Gasteiger partial charge in [-0.3, -0.25) is 0 Å². The summed E-state index contributed by atoms with van der Waals surface area (Å²) in [6, 6.07) is 25.7. The van der Waals surface area contributed by atoms with E-state index in [2.05, 4.69) is 17.4 Å². The van der Waals surface area contributed by atoms with Gasteiger partial charge in [-0.15, -0.1) is 0 Å². The summed E-state index contributed by atoms with van der Waals surface area (Å²) in [7, 11) is 1.65. The minimum atomic E-state index is 0.0346. The lowest BCUT2D eigenvalue weighted by Crippen LogP contribution is -2.22. The quantitative estimate of drug-likeness (QED) is 0.570. The van der Waals surface area contributed by atoms with Gasteiger partial charge in [0.15, 0.2) is 0 Å². The predicted octanol–water partition coefficient (Wildman–Crippen LogP) is 5.15. The van der Waals surface area contributed by atoms with Gasteiger partial charge >= 0.3 is 0 Å². The molecule has 0 radical (unpaired) electrons. The molecule has 4 nitrogen and oxygen atoms in total. The summed E-state index contributed by atoms with van der Waals surface area (Å²) in [6.07, 6.45) is 0.0346. The first kappa shape index (κ1) is 18.6.